The summed E-state index contributed by atoms with van der Waals surface area (Å²) in [6.45, 7) is 2.08. The number of aromatic nitrogens is 2. The fourth-order valence-electron chi connectivity index (χ4n) is 1.77. The fourth-order valence-corrected chi connectivity index (χ4v) is 1.77. The Morgan fingerprint density at radius 2 is 2.21 bits per heavy atom. The molecule has 14 heavy (non-hydrogen) atoms. The van der Waals surface area contributed by atoms with Gasteiger partial charge in [0.1, 0.15) is 0 Å². The molecule has 0 aromatic carbocycles. The van der Waals surface area contributed by atoms with Crippen LogP contribution in [0.2, 0.25) is 0 Å². The number of rotatable bonds is 5. The Morgan fingerprint density at radius 3 is 2.93 bits per heavy atom. The van der Waals surface area contributed by atoms with E-state index < -0.39 is 0 Å². The highest BCUT2D eigenvalue weighted by Gasteiger charge is 2.25. The van der Waals surface area contributed by atoms with Gasteiger partial charge in [-0.05, 0) is 31.7 Å². The van der Waals surface area contributed by atoms with Crippen LogP contribution < -0.4 is 5.32 Å². The molecule has 0 aliphatic heterocycles. The topological polar surface area (TPSA) is 29.9 Å². The minimum Gasteiger partial charge on any atom is -0.312 e. The van der Waals surface area contributed by atoms with Crippen molar-refractivity contribution in [1.82, 2.24) is 15.1 Å². The van der Waals surface area contributed by atoms with Crippen molar-refractivity contribution in [2.75, 3.05) is 6.54 Å². The molecule has 1 aromatic rings. The number of hydrogen-bond donors (Lipinski definition) is 1. The molecule has 0 atom stereocenters. The lowest BCUT2D eigenvalue weighted by atomic mass is 10.3. The van der Waals surface area contributed by atoms with Gasteiger partial charge in [-0.15, -0.1) is 0 Å². The van der Waals surface area contributed by atoms with E-state index in [2.05, 4.69) is 27.4 Å². The predicted molar refractivity (Wildman–Crippen MR) is 55.2 cm³/mol. The van der Waals surface area contributed by atoms with E-state index in [0.29, 0.717) is 0 Å². The minimum absolute atomic E-state index is 0.785. The van der Waals surface area contributed by atoms with Gasteiger partial charge in [-0.2, -0.15) is 5.10 Å². The van der Waals surface area contributed by atoms with Crippen LogP contribution in [0.25, 0.3) is 0 Å². The first-order valence-corrected chi connectivity index (χ1v) is 5.68. The molecule has 0 bridgehead atoms. The van der Waals surface area contributed by atoms with Gasteiger partial charge in [0.05, 0.1) is 12.2 Å². The highest BCUT2D eigenvalue weighted by molar-refractivity contribution is 5.12. The van der Waals surface area contributed by atoms with Gasteiger partial charge in [-0.1, -0.05) is 0 Å². The van der Waals surface area contributed by atoms with Crippen molar-refractivity contribution in [2.24, 2.45) is 0 Å². The molecule has 2 aliphatic carbocycles. The van der Waals surface area contributed by atoms with Gasteiger partial charge in [0, 0.05) is 24.7 Å². The molecule has 3 nitrogen and oxygen atoms in total. The minimum atomic E-state index is 0.785. The molecule has 3 rings (SSSR count). The van der Waals surface area contributed by atoms with Crippen molar-refractivity contribution < 1.29 is 0 Å². The van der Waals surface area contributed by atoms with Crippen LogP contribution >= 0.6 is 0 Å². The first-order chi connectivity index (χ1) is 6.92. The third-order valence-electron chi connectivity index (χ3n) is 3.01. The Bertz CT molecular complexity index is 310. The van der Waals surface area contributed by atoms with Crippen LogP contribution in [0.4, 0.5) is 0 Å². The van der Waals surface area contributed by atoms with E-state index in [0.717, 1.165) is 25.0 Å². The Labute approximate surface area is 84.5 Å². The number of nitrogens with one attached hydrogen (secondary N) is 1. The molecular weight excluding hydrogens is 174 g/mol. The van der Waals surface area contributed by atoms with Crippen molar-refractivity contribution in [2.45, 2.75) is 44.2 Å². The van der Waals surface area contributed by atoms with Crippen molar-refractivity contribution in [3.63, 3.8) is 0 Å². The summed E-state index contributed by atoms with van der Waals surface area (Å²) in [5.74, 6) is 0.785. The monoisotopic (exact) mass is 191 g/mol. The van der Waals surface area contributed by atoms with Crippen molar-refractivity contribution in [1.29, 1.82) is 0 Å². The molecule has 2 saturated carbocycles. The number of nitrogens with zero attached hydrogens (tertiary/aromatic N) is 2. The molecular formula is C11H17N3. The van der Waals surface area contributed by atoms with Crippen LogP contribution in [0, 0.1) is 0 Å². The van der Waals surface area contributed by atoms with Crippen LogP contribution in [0.15, 0.2) is 12.3 Å². The van der Waals surface area contributed by atoms with Crippen LogP contribution in [-0.2, 0) is 6.54 Å². The van der Waals surface area contributed by atoms with Crippen molar-refractivity contribution in [3.8, 4) is 0 Å². The van der Waals surface area contributed by atoms with Crippen molar-refractivity contribution >= 4 is 0 Å². The maximum atomic E-state index is 4.57. The van der Waals surface area contributed by atoms with E-state index in [1.807, 2.05) is 0 Å². The first kappa shape index (κ1) is 8.48. The second kappa shape index (κ2) is 3.39. The lowest BCUT2D eigenvalue weighted by Gasteiger charge is -2.02. The summed E-state index contributed by atoms with van der Waals surface area (Å²) in [6, 6.07) is 2.99. The van der Waals surface area contributed by atoms with Gasteiger partial charge in [0.25, 0.3) is 0 Å². The van der Waals surface area contributed by atoms with Gasteiger partial charge in [-0.25, -0.2) is 0 Å². The zero-order valence-electron chi connectivity index (χ0n) is 8.45. The molecule has 2 aliphatic rings. The predicted octanol–water partition coefficient (Wildman–Crippen LogP) is 1.51. The molecule has 2 fully saturated rings. The van der Waals surface area contributed by atoms with Crippen LogP contribution in [0.3, 0.4) is 0 Å². The van der Waals surface area contributed by atoms with Gasteiger partial charge < -0.3 is 5.32 Å². The molecule has 0 unspecified atom stereocenters. The van der Waals surface area contributed by atoms with Crippen LogP contribution in [0.1, 0.15) is 37.3 Å². The second-order valence-electron chi connectivity index (χ2n) is 4.51. The molecule has 0 saturated heterocycles. The standard InChI is InChI=1S/C11H17N3/c1-2-9(1)11-5-7-14(13-11)8-6-12-10-3-4-10/h5,7,9-10,12H,1-4,6,8H2. The quantitative estimate of drug-likeness (QED) is 0.764. The highest BCUT2D eigenvalue weighted by atomic mass is 15.3. The van der Waals surface area contributed by atoms with Crippen molar-refractivity contribution in [3.05, 3.63) is 18.0 Å². The lowest BCUT2D eigenvalue weighted by molar-refractivity contribution is 0.548. The van der Waals surface area contributed by atoms with E-state index in [1.54, 1.807) is 0 Å². The zero-order valence-corrected chi connectivity index (χ0v) is 8.45. The summed E-state index contributed by atoms with van der Waals surface area (Å²) in [5, 5.41) is 8.06. The summed E-state index contributed by atoms with van der Waals surface area (Å²) < 4.78 is 2.07. The molecule has 1 aromatic heterocycles. The van der Waals surface area contributed by atoms with E-state index in [1.165, 1.54) is 31.4 Å². The van der Waals surface area contributed by atoms with E-state index >= 15 is 0 Å². The maximum Gasteiger partial charge on any atom is 0.0655 e. The van der Waals surface area contributed by atoms with Gasteiger partial charge in [0.2, 0.25) is 0 Å². The molecule has 0 radical (unpaired) electrons. The molecule has 76 valence electrons. The third kappa shape index (κ3) is 1.98. The zero-order chi connectivity index (χ0) is 9.38. The SMILES string of the molecule is c1cn(CCNC2CC2)nc1C1CC1. The average Bonchev–Trinajstić information content (AvgIpc) is 3.07. The van der Waals surface area contributed by atoms with Gasteiger partial charge in [-0.3, -0.25) is 4.68 Å². The largest absolute Gasteiger partial charge is 0.312 e. The fraction of sp³-hybridized carbons (Fsp3) is 0.727. The highest BCUT2D eigenvalue weighted by Crippen LogP contribution is 2.38. The molecule has 3 heteroatoms. The number of hydrogen-bond acceptors (Lipinski definition) is 2. The Hall–Kier alpha value is -0.830. The maximum absolute atomic E-state index is 4.57. The van der Waals surface area contributed by atoms with Crippen LogP contribution in [-0.4, -0.2) is 22.4 Å². The summed E-state index contributed by atoms with van der Waals surface area (Å²) in [7, 11) is 0. The smallest absolute Gasteiger partial charge is 0.0655 e. The summed E-state index contributed by atoms with van der Waals surface area (Å²) in [6.07, 6.45) is 7.54. The normalized spacial score (nSPS) is 21.4. The Balaban J connectivity index is 1.49. The summed E-state index contributed by atoms with van der Waals surface area (Å²) in [5.41, 5.74) is 1.30. The van der Waals surface area contributed by atoms with Gasteiger partial charge in [0.15, 0.2) is 0 Å². The summed E-state index contributed by atoms with van der Waals surface area (Å²) >= 11 is 0. The molecule has 0 spiro atoms. The summed E-state index contributed by atoms with van der Waals surface area (Å²) in [4.78, 5) is 0. The second-order valence-corrected chi connectivity index (χ2v) is 4.51. The molecule has 1 N–H and O–H groups in total. The first-order valence-electron chi connectivity index (χ1n) is 5.68. The van der Waals surface area contributed by atoms with Crippen LogP contribution in [0.5, 0.6) is 0 Å². The van der Waals surface area contributed by atoms with E-state index in [9.17, 15) is 0 Å². The molecule has 0 amide bonds. The average molecular weight is 191 g/mol. The molecule has 1 heterocycles. The Kier molecular flexibility index (Phi) is 2.05. The van der Waals surface area contributed by atoms with E-state index in [4.69, 9.17) is 0 Å². The van der Waals surface area contributed by atoms with Gasteiger partial charge >= 0.3 is 0 Å². The third-order valence-corrected chi connectivity index (χ3v) is 3.01. The Morgan fingerprint density at radius 1 is 1.36 bits per heavy atom. The van der Waals surface area contributed by atoms with E-state index in [-0.39, 0.29) is 0 Å². The lowest BCUT2D eigenvalue weighted by Crippen LogP contribution is -2.22.